The summed E-state index contributed by atoms with van der Waals surface area (Å²) >= 11 is 0. The maximum atomic E-state index is 12.8. The molecular formula is C21H23F3N6O. The lowest BCUT2D eigenvalue weighted by atomic mass is 9.81. The number of nitrogens with zero attached hydrogens (tertiary/aromatic N) is 4. The Kier molecular flexibility index (Phi) is 5.62. The van der Waals surface area contributed by atoms with Gasteiger partial charge in [0.15, 0.2) is 5.82 Å². The number of hydrogen-bond acceptors (Lipinski definition) is 5. The number of nitrogens with two attached hydrogens (primary N) is 1. The summed E-state index contributed by atoms with van der Waals surface area (Å²) in [5.74, 6) is -0.795. The Morgan fingerprint density at radius 1 is 1.23 bits per heavy atom. The van der Waals surface area contributed by atoms with Crippen LogP contribution in [0.3, 0.4) is 0 Å². The van der Waals surface area contributed by atoms with Gasteiger partial charge in [-0.05, 0) is 63.0 Å². The maximum Gasteiger partial charge on any atom is 0.416 e. The number of alkyl halides is 3. The predicted octanol–water partition coefficient (Wildman–Crippen LogP) is 3.68. The molecule has 1 aromatic carbocycles. The number of aromatic nitrogens is 2. The molecule has 3 atom stereocenters. The van der Waals surface area contributed by atoms with Crippen LogP contribution in [0.2, 0.25) is 0 Å². The summed E-state index contributed by atoms with van der Waals surface area (Å²) in [7, 11) is 0. The Hall–Kier alpha value is -3.06. The van der Waals surface area contributed by atoms with Crippen molar-refractivity contribution >= 4 is 17.4 Å². The first-order valence-electron chi connectivity index (χ1n) is 10.2. The fourth-order valence-corrected chi connectivity index (χ4v) is 4.34. The molecule has 0 bridgehead atoms. The molecule has 7 nitrogen and oxygen atoms in total. The molecule has 3 N–H and O–H groups in total. The highest BCUT2D eigenvalue weighted by atomic mass is 19.4. The topological polar surface area (TPSA) is 100.0 Å². The lowest BCUT2D eigenvalue weighted by Crippen LogP contribution is -2.48. The van der Waals surface area contributed by atoms with Crippen LogP contribution < -0.4 is 11.1 Å². The van der Waals surface area contributed by atoms with Crippen LogP contribution in [0.5, 0.6) is 0 Å². The van der Waals surface area contributed by atoms with Crippen molar-refractivity contribution in [2.24, 2.45) is 11.7 Å². The summed E-state index contributed by atoms with van der Waals surface area (Å²) in [6, 6.07) is 7.02. The molecular weight excluding hydrogens is 409 g/mol. The van der Waals surface area contributed by atoms with E-state index in [0.29, 0.717) is 11.7 Å². The van der Waals surface area contributed by atoms with Gasteiger partial charge in [-0.25, -0.2) is 0 Å². The minimum atomic E-state index is -4.43. The largest absolute Gasteiger partial charge is 0.416 e. The number of anilines is 2. The Bertz CT molecular complexity index is 990. The fraction of sp³-hybridized carbons (Fsp3) is 0.476. The van der Waals surface area contributed by atoms with Gasteiger partial charge in [0, 0.05) is 17.9 Å². The highest BCUT2D eigenvalue weighted by Crippen LogP contribution is 2.38. The van der Waals surface area contributed by atoms with Crippen LogP contribution in [0.15, 0.2) is 30.5 Å². The average molecular weight is 432 g/mol. The number of nitriles is 1. The molecule has 1 amide bonds. The van der Waals surface area contributed by atoms with Crippen molar-refractivity contribution in [3.05, 3.63) is 41.6 Å². The van der Waals surface area contributed by atoms with E-state index in [1.165, 1.54) is 24.8 Å². The van der Waals surface area contributed by atoms with E-state index in [4.69, 9.17) is 5.73 Å². The summed E-state index contributed by atoms with van der Waals surface area (Å²) < 4.78 is 39.9. The molecule has 2 heterocycles. The highest BCUT2D eigenvalue weighted by Gasteiger charge is 2.37. The van der Waals surface area contributed by atoms with Gasteiger partial charge in [0.1, 0.15) is 5.56 Å². The molecule has 10 heteroatoms. The Balaban J connectivity index is 1.54. The molecule has 164 valence electrons. The summed E-state index contributed by atoms with van der Waals surface area (Å²) in [5.41, 5.74) is 5.20. The molecule has 4 rings (SSSR count). The van der Waals surface area contributed by atoms with Gasteiger partial charge < -0.3 is 16.0 Å². The molecule has 31 heavy (non-hydrogen) atoms. The van der Waals surface area contributed by atoms with E-state index >= 15 is 0 Å². The van der Waals surface area contributed by atoms with E-state index < -0.39 is 17.6 Å². The quantitative estimate of drug-likeness (QED) is 0.751. The average Bonchev–Trinajstić information content (AvgIpc) is 3.10. The first-order valence-corrected chi connectivity index (χ1v) is 10.2. The summed E-state index contributed by atoms with van der Waals surface area (Å²) in [4.78, 5) is 14.3. The van der Waals surface area contributed by atoms with Crippen molar-refractivity contribution in [3.8, 4) is 6.07 Å². The van der Waals surface area contributed by atoms with Crippen molar-refractivity contribution in [2.45, 2.75) is 43.9 Å². The van der Waals surface area contributed by atoms with E-state index in [1.807, 2.05) is 0 Å². The van der Waals surface area contributed by atoms with Crippen LogP contribution in [0.4, 0.5) is 24.7 Å². The number of primary amides is 1. The molecule has 1 saturated carbocycles. The second-order valence-electron chi connectivity index (χ2n) is 8.10. The normalized spacial score (nSPS) is 24.3. The van der Waals surface area contributed by atoms with Gasteiger partial charge in [-0.2, -0.15) is 23.5 Å². The zero-order valence-corrected chi connectivity index (χ0v) is 16.8. The Morgan fingerprint density at radius 3 is 2.48 bits per heavy atom. The summed E-state index contributed by atoms with van der Waals surface area (Å²) in [5, 5.41) is 17.0. The molecule has 2 fully saturated rings. The number of benzene rings is 1. The zero-order valence-electron chi connectivity index (χ0n) is 16.8. The second kappa shape index (κ2) is 8.23. The van der Waals surface area contributed by atoms with Crippen molar-refractivity contribution in [3.63, 3.8) is 0 Å². The van der Waals surface area contributed by atoms with Crippen molar-refractivity contribution < 1.29 is 18.0 Å². The van der Waals surface area contributed by atoms with E-state index in [9.17, 15) is 23.2 Å². The van der Waals surface area contributed by atoms with Gasteiger partial charge in [-0.3, -0.25) is 9.48 Å². The Morgan fingerprint density at radius 2 is 1.94 bits per heavy atom. The number of rotatable bonds is 5. The smallest absolute Gasteiger partial charge is 0.365 e. The van der Waals surface area contributed by atoms with E-state index in [1.54, 1.807) is 4.68 Å². The highest BCUT2D eigenvalue weighted by molar-refractivity contribution is 5.98. The Labute approximate surface area is 177 Å². The molecule has 1 saturated heterocycles. The lowest BCUT2D eigenvalue weighted by Gasteiger charge is -2.43. The van der Waals surface area contributed by atoms with E-state index in [2.05, 4.69) is 21.4 Å². The monoisotopic (exact) mass is 432 g/mol. The molecule has 2 aromatic rings. The summed E-state index contributed by atoms with van der Waals surface area (Å²) in [6.07, 6.45) is 0.717. The molecule has 0 spiro atoms. The van der Waals surface area contributed by atoms with E-state index in [-0.39, 0.29) is 23.3 Å². The third kappa shape index (κ3) is 4.37. The molecule has 1 aromatic heterocycles. The molecule has 0 unspecified atom stereocenters. The van der Waals surface area contributed by atoms with Gasteiger partial charge in [0.2, 0.25) is 0 Å². The van der Waals surface area contributed by atoms with Gasteiger partial charge in [0.05, 0.1) is 23.6 Å². The molecule has 2 aliphatic rings. The minimum Gasteiger partial charge on any atom is -0.365 e. The minimum absolute atomic E-state index is 0.126. The fourth-order valence-electron chi connectivity index (χ4n) is 4.34. The van der Waals surface area contributed by atoms with Gasteiger partial charge >= 0.3 is 6.18 Å². The van der Waals surface area contributed by atoms with Gasteiger partial charge in [-0.15, -0.1) is 0 Å². The first kappa shape index (κ1) is 21.2. The van der Waals surface area contributed by atoms with Crippen LogP contribution >= 0.6 is 0 Å². The van der Waals surface area contributed by atoms with Crippen molar-refractivity contribution in [1.82, 2.24) is 14.7 Å². The SMILES string of the molecule is N#C[C@@H]1C[C@H](N2CCC2)CC[C@H]1n1cc(C(N)=O)c(Nc2ccc(C(F)(F)F)cc2)n1. The number of amides is 1. The number of halogens is 3. The predicted molar refractivity (Wildman–Crippen MR) is 107 cm³/mol. The van der Waals surface area contributed by atoms with Crippen LogP contribution in [-0.4, -0.2) is 39.7 Å². The number of carbonyl (C=O) groups excluding carboxylic acids is 1. The number of nitrogens with one attached hydrogen (secondary N) is 1. The van der Waals surface area contributed by atoms with Crippen LogP contribution in [0.25, 0.3) is 0 Å². The third-order valence-corrected chi connectivity index (χ3v) is 6.17. The van der Waals surface area contributed by atoms with Gasteiger partial charge in [0.25, 0.3) is 5.91 Å². The van der Waals surface area contributed by atoms with Crippen molar-refractivity contribution in [2.75, 3.05) is 18.4 Å². The van der Waals surface area contributed by atoms with Crippen molar-refractivity contribution in [1.29, 1.82) is 5.26 Å². The van der Waals surface area contributed by atoms with Gasteiger partial charge in [-0.1, -0.05) is 0 Å². The zero-order chi connectivity index (χ0) is 22.2. The first-order chi connectivity index (χ1) is 14.8. The standard InChI is InChI=1S/C21H23F3N6O/c22-21(23,24)14-2-4-15(5-3-14)27-20-17(19(26)31)12-30(28-20)18-7-6-16(10-13(18)11-25)29-8-1-9-29/h2-5,12-13,16,18H,1,6-10H2,(H2,26,31)(H,27,28)/t13-,16+,18+/m0/s1. The number of likely N-dealkylation sites (tertiary alicyclic amines) is 1. The second-order valence-corrected chi connectivity index (χ2v) is 8.10. The van der Waals surface area contributed by atoms with Crippen LogP contribution in [0.1, 0.15) is 47.6 Å². The number of carbonyl (C=O) groups is 1. The number of hydrogen-bond donors (Lipinski definition) is 2. The molecule has 1 aliphatic carbocycles. The molecule has 0 radical (unpaired) electrons. The van der Waals surface area contributed by atoms with Crippen LogP contribution in [-0.2, 0) is 6.18 Å². The summed E-state index contributed by atoms with van der Waals surface area (Å²) in [6.45, 7) is 2.14. The lowest BCUT2D eigenvalue weighted by molar-refractivity contribution is -0.137. The van der Waals surface area contributed by atoms with Crippen LogP contribution in [0, 0.1) is 17.2 Å². The maximum absolute atomic E-state index is 12.8. The third-order valence-electron chi connectivity index (χ3n) is 6.17. The molecule has 1 aliphatic heterocycles. The van der Waals surface area contributed by atoms with E-state index in [0.717, 1.165) is 44.5 Å².